The second kappa shape index (κ2) is 19.2. The van der Waals surface area contributed by atoms with Crippen molar-refractivity contribution >= 4 is 43.6 Å². The quantitative estimate of drug-likeness (QED) is 0.134. The summed E-state index contributed by atoms with van der Waals surface area (Å²) in [4.78, 5) is 29.5. The maximum atomic E-state index is 17.1. The first-order chi connectivity index (χ1) is 39.1. The maximum absolute atomic E-state index is 17.1. The van der Waals surface area contributed by atoms with Gasteiger partial charge in [0.05, 0.1) is 39.0 Å². The fourth-order valence-electron chi connectivity index (χ4n) is 10.8. The van der Waals surface area contributed by atoms with Crippen molar-refractivity contribution in [3.8, 4) is 90.8 Å². The molecular weight excluding hydrogens is 1010 g/mol. The monoisotopic (exact) mass is 1050 g/mol. The third-order valence-electron chi connectivity index (χ3n) is 14.4. The summed E-state index contributed by atoms with van der Waals surface area (Å²) < 4.78 is 87.1. The lowest BCUT2D eigenvalue weighted by atomic mass is 9.98. The number of rotatable bonds is 9. The molecule has 0 bridgehead atoms. The highest BCUT2D eigenvalue weighted by Gasteiger charge is 2.40. The Bertz CT molecular complexity index is 4320. The topological polar surface area (TPSA) is 87.2 Å². The van der Waals surface area contributed by atoms with Crippen molar-refractivity contribution in [2.24, 2.45) is 0 Å². The fraction of sp³-hybridized carbons (Fsp3) is 0.0149. The standard InChI is InChI=1S/C67H39F5N8/c68-51-28-17-29-52(69)59(51)46-38-57(79-53-30-15-13-26-47(53)49-34-32-44(36-55(49)79)65-75-61(40-18-5-1-6-19-40)73-62(76-65)41-20-7-2-8-21-41)60(67(70,71)72)58(39-46)80-54-31-16-14-27-48(54)50-35-33-45(37-56(50)80)66-77-63(42-22-9-3-10-23-42)74-64(78-66)43-24-11-4-12-25-43/h1-39H. The molecule has 14 aromatic rings. The van der Waals surface area contributed by atoms with Gasteiger partial charge in [-0.2, -0.15) is 13.2 Å². The molecule has 0 saturated carbocycles. The number of hydrogen-bond donors (Lipinski definition) is 0. The van der Waals surface area contributed by atoms with Crippen molar-refractivity contribution in [2.45, 2.75) is 6.18 Å². The molecule has 4 aromatic heterocycles. The summed E-state index contributed by atoms with van der Waals surface area (Å²) in [5, 5.41) is 2.51. The third-order valence-corrected chi connectivity index (χ3v) is 14.4. The molecule has 0 saturated heterocycles. The summed E-state index contributed by atoms with van der Waals surface area (Å²) in [6, 6.07) is 68.9. The molecule has 0 unspecified atom stereocenters. The van der Waals surface area contributed by atoms with Crippen molar-refractivity contribution < 1.29 is 22.0 Å². The van der Waals surface area contributed by atoms with Crippen molar-refractivity contribution in [3.63, 3.8) is 0 Å². The Morgan fingerprint density at radius 3 is 0.938 bits per heavy atom. The average Bonchev–Trinajstić information content (AvgIpc) is 3.79. The first kappa shape index (κ1) is 47.9. The fourth-order valence-corrected chi connectivity index (χ4v) is 10.8. The molecule has 4 heterocycles. The van der Waals surface area contributed by atoms with Gasteiger partial charge in [-0.25, -0.2) is 38.7 Å². The molecule has 8 nitrogen and oxygen atoms in total. The van der Waals surface area contributed by atoms with Gasteiger partial charge in [0.25, 0.3) is 0 Å². The third kappa shape index (κ3) is 8.30. The van der Waals surface area contributed by atoms with E-state index in [-0.39, 0.29) is 28.6 Å². The summed E-state index contributed by atoms with van der Waals surface area (Å²) in [6.45, 7) is 0. The molecule has 0 fully saturated rings. The van der Waals surface area contributed by atoms with Gasteiger partial charge in [0, 0.05) is 54.9 Å². The van der Waals surface area contributed by atoms with Crippen LogP contribution in [0.3, 0.4) is 0 Å². The van der Waals surface area contributed by atoms with Crippen LogP contribution in [0.4, 0.5) is 22.0 Å². The molecule has 14 rings (SSSR count). The van der Waals surface area contributed by atoms with E-state index in [0.717, 1.165) is 34.4 Å². The van der Waals surface area contributed by atoms with Crippen molar-refractivity contribution in [1.29, 1.82) is 0 Å². The molecule has 382 valence electrons. The number of para-hydroxylation sites is 2. The normalized spacial score (nSPS) is 11.8. The van der Waals surface area contributed by atoms with Gasteiger partial charge in [0.1, 0.15) is 17.2 Å². The lowest BCUT2D eigenvalue weighted by Crippen LogP contribution is -2.16. The Labute approximate surface area is 453 Å². The van der Waals surface area contributed by atoms with E-state index in [1.807, 2.05) is 170 Å². The average molecular weight is 1050 g/mol. The molecule has 0 N–H and O–H groups in total. The van der Waals surface area contributed by atoms with E-state index in [2.05, 4.69) is 0 Å². The molecule has 0 aliphatic carbocycles. The first-order valence-corrected chi connectivity index (χ1v) is 25.6. The first-order valence-electron chi connectivity index (χ1n) is 25.6. The number of nitrogens with zero attached hydrogens (tertiary/aromatic N) is 8. The van der Waals surface area contributed by atoms with E-state index >= 15 is 22.0 Å². The Kier molecular flexibility index (Phi) is 11.5. The highest BCUT2D eigenvalue weighted by molar-refractivity contribution is 6.12. The SMILES string of the molecule is Fc1cccc(F)c1-c1cc(-n2c3ccccc3c3ccc(-c4nc(-c5ccccc5)nc(-c5ccccc5)n4)cc32)c(C(F)(F)F)c(-n2c3ccccc3c3ccc(-c4nc(-c5ccccc5)nc(-c5ccccc5)n4)cc32)c1. The van der Waals surface area contributed by atoms with Crippen LogP contribution in [-0.2, 0) is 6.18 Å². The zero-order valence-corrected chi connectivity index (χ0v) is 42.0. The van der Waals surface area contributed by atoms with Gasteiger partial charge in [0.15, 0.2) is 34.9 Å². The van der Waals surface area contributed by atoms with Crippen LogP contribution in [0.1, 0.15) is 5.56 Å². The molecule has 13 heteroatoms. The Morgan fingerprint density at radius 1 is 0.275 bits per heavy atom. The van der Waals surface area contributed by atoms with Gasteiger partial charge >= 0.3 is 6.18 Å². The van der Waals surface area contributed by atoms with Gasteiger partial charge in [-0.15, -0.1) is 0 Å². The zero-order valence-electron chi connectivity index (χ0n) is 42.0. The smallest absolute Gasteiger partial charge is 0.309 e. The molecule has 80 heavy (non-hydrogen) atoms. The maximum Gasteiger partial charge on any atom is 0.420 e. The summed E-state index contributed by atoms with van der Waals surface area (Å²) in [7, 11) is 0. The minimum Gasteiger partial charge on any atom is -0.309 e. The molecular formula is C67H39F5N8. The highest BCUT2D eigenvalue weighted by Crippen LogP contribution is 2.47. The second-order valence-corrected chi connectivity index (χ2v) is 19.2. The number of fused-ring (bicyclic) bond motifs is 6. The van der Waals surface area contributed by atoms with Crippen LogP contribution in [0.2, 0.25) is 0 Å². The minimum absolute atomic E-state index is 0.127. The van der Waals surface area contributed by atoms with Crippen LogP contribution in [0.25, 0.3) is 134 Å². The number of hydrogen-bond acceptors (Lipinski definition) is 6. The molecule has 0 spiro atoms. The van der Waals surface area contributed by atoms with Crippen LogP contribution in [0.5, 0.6) is 0 Å². The molecule has 0 aliphatic rings. The molecule has 10 aromatic carbocycles. The van der Waals surface area contributed by atoms with E-state index in [9.17, 15) is 0 Å². The molecule has 0 aliphatic heterocycles. The highest BCUT2D eigenvalue weighted by atomic mass is 19.4. The summed E-state index contributed by atoms with van der Waals surface area (Å²) >= 11 is 0. The molecule has 0 radical (unpaired) electrons. The Morgan fingerprint density at radius 2 is 0.588 bits per heavy atom. The van der Waals surface area contributed by atoms with Crippen LogP contribution in [-0.4, -0.2) is 39.0 Å². The van der Waals surface area contributed by atoms with Gasteiger partial charge in [-0.3, -0.25) is 0 Å². The Hall–Kier alpha value is -10.5. The van der Waals surface area contributed by atoms with Crippen LogP contribution in [0.15, 0.2) is 237 Å². The minimum atomic E-state index is -5.09. The van der Waals surface area contributed by atoms with Crippen LogP contribution in [0, 0.1) is 11.6 Å². The molecule has 0 amide bonds. The van der Waals surface area contributed by atoms with Crippen LogP contribution >= 0.6 is 0 Å². The summed E-state index contributed by atoms with van der Waals surface area (Å²) in [5.74, 6) is 0.254. The van der Waals surface area contributed by atoms with E-state index in [1.54, 1.807) is 36.4 Å². The largest absolute Gasteiger partial charge is 0.420 e. The van der Waals surface area contributed by atoms with Gasteiger partial charge in [-0.05, 0) is 54.1 Å². The number of halogens is 5. The lowest BCUT2D eigenvalue weighted by Gasteiger charge is -2.23. The number of benzene rings is 10. The predicted octanol–water partition coefficient (Wildman–Crippen LogP) is 17.2. The Balaban J connectivity index is 1.06. The number of alkyl halides is 3. The van der Waals surface area contributed by atoms with Crippen molar-refractivity contribution in [3.05, 3.63) is 254 Å². The summed E-state index contributed by atoms with van der Waals surface area (Å²) in [5.41, 5.74) is 3.04. The number of aromatic nitrogens is 8. The lowest BCUT2D eigenvalue weighted by molar-refractivity contribution is -0.137. The molecule has 0 atom stereocenters. The zero-order chi connectivity index (χ0) is 54.1. The van der Waals surface area contributed by atoms with E-state index in [4.69, 9.17) is 29.9 Å². The second-order valence-electron chi connectivity index (χ2n) is 19.2. The van der Waals surface area contributed by atoms with Gasteiger partial charge in [0.2, 0.25) is 0 Å². The predicted molar refractivity (Wildman–Crippen MR) is 305 cm³/mol. The van der Waals surface area contributed by atoms with Gasteiger partial charge in [-0.1, -0.05) is 188 Å². The van der Waals surface area contributed by atoms with Gasteiger partial charge < -0.3 is 9.13 Å². The van der Waals surface area contributed by atoms with E-state index in [0.29, 0.717) is 78.0 Å². The van der Waals surface area contributed by atoms with Crippen molar-refractivity contribution in [2.75, 3.05) is 0 Å². The van der Waals surface area contributed by atoms with E-state index < -0.39 is 28.9 Å². The van der Waals surface area contributed by atoms with E-state index in [1.165, 1.54) is 27.3 Å². The van der Waals surface area contributed by atoms with Crippen molar-refractivity contribution in [1.82, 2.24) is 39.0 Å². The van der Waals surface area contributed by atoms with Crippen LogP contribution < -0.4 is 0 Å². The summed E-state index contributed by atoms with van der Waals surface area (Å²) in [6.07, 6.45) is -5.09.